The van der Waals surface area contributed by atoms with Crippen molar-refractivity contribution in [1.82, 2.24) is 0 Å². The predicted octanol–water partition coefficient (Wildman–Crippen LogP) is 5.19. The van der Waals surface area contributed by atoms with E-state index in [1.165, 1.54) is 0 Å². The van der Waals surface area contributed by atoms with Crippen LogP contribution in [0.3, 0.4) is 0 Å². The predicted molar refractivity (Wildman–Crippen MR) is 99.4 cm³/mol. The van der Waals surface area contributed by atoms with Crippen LogP contribution in [-0.2, 0) is 16.0 Å². The maximum atomic E-state index is 11.3. The van der Waals surface area contributed by atoms with Crippen molar-refractivity contribution in [3.63, 3.8) is 0 Å². The molecule has 0 unspecified atom stereocenters. The molecule has 7 heteroatoms. The van der Waals surface area contributed by atoms with Gasteiger partial charge in [0.15, 0.2) is 6.61 Å². The molecule has 0 radical (unpaired) electrons. The summed E-state index contributed by atoms with van der Waals surface area (Å²) < 4.78 is 15.3. The Kier molecular flexibility index (Phi) is 7.24. The number of benzene rings is 2. The number of ether oxygens (including phenoxy) is 3. The second-order valence-corrected chi connectivity index (χ2v) is 6.31. The van der Waals surface area contributed by atoms with E-state index in [4.69, 9.17) is 49.0 Å². The van der Waals surface area contributed by atoms with Gasteiger partial charge in [-0.15, -0.1) is 0 Å². The van der Waals surface area contributed by atoms with E-state index < -0.39 is 5.97 Å². The molecule has 0 heterocycles. The zero-order valence-corrected chi connectivity index (χ0v) is 16.0. The van der Waals surface area contributed by atoms with Crippen molar-refractivity contribution < 1.29 is 19.0 Å². The van der Waals surface area contributed by atoms with Crippen LogP contribution < -0.4 is 9.47 Å². The monoisotopic (exact) mass is 402 g/mol. The molecule has 0 fully saturated rings. The van der Waals surface area contributed by atoms with E-state index in [1.807, 2.05) is 12.1 Å². The number of esters is 1. The molecule has 4 nitrogen and oxygen atoms in total. The van der Waals surface area contributed by atoms with Gasteiger partial charge in [-0.3, -0.25) is 0 Å². The maximum Gasteiger partial charge on any atom is 0.344 e. The van der Waals surface area contributed by atoms with Crippen LogP contribution in [0.15, 0.2) is 30.3 Å². The van der Waals surface area contributed by atoms with Crippen molar-refractivity contribution >= 4 is 40.8 Å². The number of carbonyl (C=O) groups is 1. The lowest BCUT2D eigenvalue weighted by molar-refractivity contribution is -0.145. The Bertz CT molecular complexity index is 739. The average molecular weight is 404 g/mol. The first kappa shape index (κ1) is 19.7. The fourth-order valence-electron chi connectivity index (χ4n) is 2.17. The molecule has 0 bridgehead atoms. The summed E-state index contributed by atoms with van der Waals surface area (Å²) >= 11 is 18.9. The molecule has 0 aromatic heterocycles. The maximum absolute atomic E-state index is 11.3. The first-order valence-corrected chi connectivity index (χ1v) is 8.66. The third kappa shape index (κ3) is 5.43. The molecule has 0 amide bonds. The second kappa shape index (κ2) is 9.18. The van der Waals surface area contributed by atoms with Crippen LogP contribution in [0.4, 0.5) is 0 Å². The van der Waals surface area contributed by atoms with Gasteiger partial charge < -0.3 is 14.2 Å². The normalized spacial score (nSPS) is 10.4. The van der Waals surface area contributed by atoms with Gasteiger partial charge in [0.2, 0.25) is 0 Å². The van der Waals surface area contributed by atoms with Crippen LogP contribution >= 0.6 is 34.8 Å². The standard InChI is InChI=1S/C18H17Cl3O4/c1-3-24-18(22)10-25-13-8-16(20)14(17(21)9-13)6-11-4-5-12(23-2)7-15(11)19/h4-5,7-9H,3,6,10H2,1-2H3. The summed E-state index contributed by atoms with van der Waals surface area (Å²) in [5.41, 5.74) is 1.59. The van der Waals surface area contributed by atoms with E-state index in [1.54, 1.807) is 32.2 Å². The smallest absolute Gasteiger partial charge is 0.344 e. The van der Waals surface area contributed by atoms with E-state index in [9.17, 15) is 4.79 Å². The topological polar surface area (TPSA) is 44.8 Å². The lowest BCUT2D eigenvalue weighted by Crippen LogP contribution is -2.14. The lowest BCUT2D eigenvalue weighted by atomic mass is 10.0. The number of carbonyl (C=O) groups excluding carboxylic acids is 1. The zero-order chi connectivity index (χ0) is 18.4. The number of methoxy groups -OCH3 is 1. The Morgan fingerprint density at radius 2 is 1.64 bits per heavy atom. The van der Waals surface area contributed by atoms with Crippen molar-refractivity contribution in [2.24, 2.45) is 0 Å². The minimum atomic E-state index is -0.455. The summed E-state index contributed by atoms with van der Waals surface area (Å²) in [7, 11) is 1.58. The Morgan fingerprint density at radius 1 is 1.00 bits per heavy atom. The van der Waals surface area contributed by atoms with E-state index in [-0.39, 0.29) is 6.61 Å². The van der Waals surface area contributed by atoms with E-state index in [2.05, 4.69) is 0 Å². The molecule has 0 aliphatic heterocycles. The van der Waals surface area contributed by atoms with Crippen molar-refractivity contribution in [2.45, 2.75) is 13.3 Å². The second-order valence-electron chi connectivity index (χ2n) is 5.09. The van der Waals surface area contributed by atoms with Crippen molar-refractivity contribution in [1.29, 1.82) is 0 Å². The highest BCUT2D eigenvalue weighted by molar-refractivity contribution is 6.36. The first-order valence-electron chi connectivity index (χ1n) is 7.53. The number of hydrogen-bond acceptors (Lipinski definition) is 4. The molecule has 2 rings (SSSR count). The molecule has 0 atom stereocenters. The Hall–Kier alpha value is -1.62. The quantitative estimate of drug-likeness (QED) is 0.597. The Morgan fingerprint density at radius 3 is 2.20 bits per heavy atom. The van der Waals surface area contributed by atoms with Gasteiger partial charge in [-0.05, 0) is 42.3 Å². The Labute approximate surface area is 161 Å². The van der Waals surface area contributed by atoms with Crippen LogP contribution in [0.2, 0.25) is 15.1 Å². The van der Waals surface area contributed by atoms with Gasteiger partial charge in [0.1, 0.15) is 11.5 Å². The summed E-state index contributed by atoms with van der Waals surface area (Å²) in [6.45, 7) is 1.82. The summed E-state index contributed by atoms with van der Waals surface area (Å²) in [6, 6.07) is 8.63. The Balaban J connectivity index is 2.16. The highest BCUT2D eigenvalue weighted by Crippen LogP contribution is 2.34. The fourth-order valence-corrected chi connectivity index (χ4v) is 3.00. The van der Waals surface area contributed by atoms with Gasteiger partial charge in [0.05, 0.1) is 13.7 Å². The third-order valence-corrected chi connectivity index (χ3v) is 4.43. The summed E-state index contributed by atoms with van der Waals surface area (Å²) in [6.07, 6.45) is 0.457. The SMILES string of the molecule is CCOC(=O)COc1cc(Cl)c(Cc2ccc(OC)cc2Cl)c(Cl)c1. The van der Waals surface area contributed by atoms with Crippen LogP contribution in [-0.4, -0.2) is 26.3 Å². The van der Waals surface area contributed by atoms with Gasteiger partial charge in [-0.25, -0.2) is 4.79 Å². The van der Waals surface area contributed by atoms with Crippen LogP contribution in [0.25, 0.3) is 0 Å². The molecule has 0 spiro atoms. The third-order valence-electron chi connectivity index (χ3n) is 3.40. The number of halogens is 3. The molecule has 25 heavy (non-hydrogen) atoms. The molecule has 2 aromatic rings. The zero-order valence-electron chi connectivity index (χ0n) is 13.8. The minimum absolute atomic E-state index is 0.204. The highest BCUT2D eigenvalue weighted by Gasteiger charge is 2.13. The van der Waals surface area contributed by atoms with E-state index >= 15 is 0 Å². The van der Waals surface area contributed by atoms with Gasteiger partial charge in [0, 0.05) is 21.5 Å². The number of rotatable bonds is 7. The molecule has 134 valence electrons. The first-order chi connectivity index (χ1) is 11.9. The molecule has 0 saturated carbocycles. The summed E-state index contributed by atoms with van der Waals surface area (Å²) in [4.78, 5) is 11.3. The summed E-state index contributed by atoms with van der Waals surface area (Å²) in [5, 5.41) is 1.42. The molecule has 0 N–H and O–H groups in total. The van der Waals surface area contributed by atoms with Gasteiger partial charge in [-0.2, -0.15) is 0 Å². The largest absolute Gasteiger partial charge is 0.497 e. The van der Waals surface area contributed by atoms with Crippen molar-refractivity contribution in [3.05, 3.63) is 56.5 Å². The average Bonchev–Trinajstić information content (AvgIpc) is 2.57. The van der Waals surface area contributed by atoms with Gasteiger partial charge in [-0.1, -0.05) is 40.9 Å². The van der Waals surface area contributed by atoms with Crippen LogP contribution in [0, 0.1) is 0 Å². The molecule has 2 aromatic carbocycles. The lowest BCUT2D eigenvalue weighted by Gasteiger charge is -2.12. The minimum Gasteiger partial charge on any atom is -0.497 e. The molecule has 0 aliphatic rings. The van der Waals surface area contributed by atoms with Gasteiger partial charge in [0.25, 0.3) is 0 Å². The van der Waals surface area contributed by atoms with E-state index in [0.717, 1.165) is 11.1 Å². The molecular weight excluding hydrogens is 387 g/mol. The highest BCUT2D eigenvalue weighted by atomic mass is 35.5. The van der Waals surface area contributed by atoms with Crippen molar-refractivity contribution in [2.75, 3.05) is 20.3 Å². The molecular formula is C18H17Cl3O4. The molecule has 0 saturated heterocycles. The number of hydrogen-bond donors (Lipinski definition) is 0. The van der Waals surface area contributed by atoms with Crippen LogP contribution in [0.5, 0.6) is 11.5 Å². The molecule has 0 aliphatic carbocycles. The van der Waals surface area contributed by atoms with Gasteiger partial charge >= 0.3 is 5.97 Å². The van der Waals surface area contributed by atoms with Crippen LogP contribution in [0.1, 0.15) is 18.1 Å². The van der Waals surface area contributed by atoms with E-state index in [0.29, 0.717) is 39.6 Å². The van der Waals surface area contributed by atoms with Crippen molar-refractivity contribution in [3.8, 4) is 11.5 Å². The fraction of sp³-hybridized carbons (Fsp3) is 0.278. The summed E-state index contributed by atoms with van der Waals surface area (Å²) in [5.74, 6) is 0.616.